The van der Waals surface area contributed by atoms with E-state index in [9.17, 15) is 4.79 Å². The Bertz CT molecular complexity index is 872. The van der Waals surface area contributed by atoms with E-state index in [-0.39, 0.29) is 11.0 Å². The molecule has 142 valence electrons. The smallest absolute Gasteiger partial charge is 0.257 e. The van der Waals surface area contributed by atoms with Gasteiger partial charge in [-0.2, -0.15) is 0 Å². The van der Waals surface area contributed by atoms with Crippen LogP contribution in [0.1, 0.15) is 23.2 Å². The van der Waals surface area contributed by atoms with Crippen LogP contribution >= 0.6 is 39.7 Å². The van der Waals surface area contributed by atoms with Crippen LogP contribution in [0.3, 0.4) is 0 Å². The normalized spacial score (nSPS) is 13.4. The summed E-state index contributed by atoms with van der Waals surface area (Å²) in [4.78, 5) is 14.7. The second kappa shape index (κ2) is 8.91. The van der Waals surface area contributed by atoms with Crippen LogP contribution in [0.15, 0.2) is 40.9 Å². The number of benzene rings is 2. The van der Waals surface area contributed by atoms with Gasteiger partial charge < -0.3 is 15.0 Å². The lowest BCUT2D eigenvalue weighted by Gasteiger charge is -2.23. The summed E-state index contributed by atoms with van der Waals surface area (Å²) < 4.78 is 5.88. The first kappa shape index (κ1) is 19.9. The Balaban J connectivity index is 1.72. The lowest BCUT2D eigenvalue weighted by molar-refractivity contribution is 0.0977. The molecular formula is C19H19BrClN3O2S. The first-order valence-corrected chi connectivity index (χ1v) is 10.1. The van der Waals surface area contributed by atoms with E-state index in [1.165, 1.54) is 0 Å². The van der Waals surface area contributed by atoms with Crippen LogP contribution in [0, 0.1) is 0 Å². The third-order valence-electron chi connectivity index (χ3n) is 4.30. The summed E-state index contributed by atoms with van der Waals surface area (Å²) in [7, 11) is 1.57. The Morgan fingerprint density at radius 1 is 1.26 bits per heavy atom. The van der Waals surface area contributed by atoms with E-state index >= 15 is 0 Å². The van der Waals surface area contributed by atoms with Crippen LogP contribution in [0.5, 0.6) is 5.75 Å². The van der Waals surface area contributed by atoms with Crippen molar-refractivity contribution in [3.8, 4) is 5.75 Å². The van der Waals surface area contributed by atoms with Crippen molar-refractivity contribution >= 4 is 62.1 Å². The quantitative estimate of drug-likeness (QED) is 0.629. The molecule has 1 heterocycles. The number of nitrogens with one attached hydrogen (secondary N) is 2. The Labute approximate surface area is 177 Å². The maximum Gasteiger partial charge on any atom is 0.257 e. The summed E-state index contributed by atoms with van der Waals surface area (Å²) in [6.07, 6.45) is 2.27. The highest BCUT2D eigenvalue weighted by atomic mass is 79.9. The zero-order chi connectivity index (χ0) is 19.4. The first-order valence-electron chi connectivity index (χ1n) is 8.49. The minimum absolute atomic E-state index is 0.217. The number of rotatable bonds is 4. The summed E-state index contributed by atoms with van der Waals surface area (Å²) in [6.45, 7) is 1.91. The predicted molar refractivity (Wildman–Crippen MR) is 117 cm³/mol. The van der Waals surface area contributed by atoms with Gasteiger partial charge in [0, 0.05) is 18.7 Å². The van der Waals surface area contributed by atoms with Crippen molar-refractivity contribution in [3.63, 3.8) is 0 Å². The molecule has 1 fully saturated rings. The van der Waals surface area contributed by atoms with Crippen molar-refractivity contribution in [2.24, 2.45) is 0 Å². The van der Waals surface area contributed by atoms with Gasteiger partial charge in [-0.15, -0.1) is 0 Å². The van der Waals surface area contributed by atoms with Gasteiger partial charge in [-0.3, -0.25) is 10.1 Å². The van der Waals surface area contributed by atoms with E-state index in [0.717, 1.165) is 37.3 Å². The number of methoxy groups -OCH3 is 1. The van der Waals surface area contributed by atoms with Crippen LogP contribution in [0.2, 0.25) is 5.02 Å². The molecule has 2 aromatic carbocycles. The summed E-state index contributed by atoms with van der Waals surface area (Å²) in [5.74, 6) is 0.349. The van der Waals surface area contributed by atoms with Crippen LogP contribution in [-0.2, 0) is 0 Å². The molecule has 0 atom stereocenters. The molecule has 5 nitrogen and oxygen atoms in total. The molecule has 0 bridgehead atoms. The van der Waals surface area contributed by atoms with Crippen molar-refractivity contribution in [1.29, 1.82) is 0 Å². The van der Waals surface area contributed by atoms with Crippen LogP contribution < -0.4 is 20.3 Å². The van der Waals surface area contributed by atoms with Gasteiger partial charge in [0.05, 0.1) is 28.0 Å². The Morgan fingerprint density at radius 2 is 2.00 bits per heavy atom. The number of para-hydroxylation sites is 1. The summed E-state index contributed by atoms with van der Waals surface area (Å²) in [5, 5.41) is 6.69. The fourth-order valence-electron chi connectivity index (χ4n) is 3.01. The number of hydrogen-bond donors (Lipinski definition) is 2. The molecule has 3 rings (SSSR count). The molecule has 2 aromatic rings. The summed E-state index contributed by atoms with van der Waals surface area (Å²) in [6, 6.07) is 10.7. The van der Waals surface area contributed by atoms with Gasteiger partial charge in [-0.25, -0.2) is 0 Å². The van der Waals surface area contributed by atoms with E-state index < -0.39 is 0 Å². The maximum atomic E-state index is 12.5. The highest BCUT2D eigenvalue weighted by Gasteiger charge is 2.19. The van der Waals surface area contributed by atoms with Gasteiger partial charge >= 0.3 is 0 Å². The van der Waals surface area contributed by atoms with Crippen molar-refractivity contribution in [2.45, 2.75) is 12.8 Å². The monoisotopic (exact) mass is 467 g/mol. The molecule has 1 amide bonds. The second-order valence-electron chi connectivity index (χ2n) is 6.09. The predicted octanol–water partition coefficient (Wildman–Crippen LogP) is 4.84. The fourth-order valence-corrected chi connectivity index (χ4v) is 4.05. The SMILES string of the molecule is COc1ccc(C(=O)NC(=S)Nc2cccc(Cl)c2N2CCCC2)cc1Br. The number of halogens is 2. The average molecular weight is 469 g/mol. The topological polar surface area (TPSA) is 53.6 Å². The number of carbonyl (C=O) groups is 1. The van der Waals surface area contributed by atoms with Gasteiger partial charge in [0.25, 0.3) is 5.91 Å². The molecule has 8 heteroatoms. The maximum absolute atomic E-state index is 12.5. The minimum Gasteiger partial charge on any atom is -0.496 e. The molecule has 0 saturated carbocycles. The zero-order valence-corrected chi connectivity index (χ0v) is 17.9. The molecule has 0 aliphatic carbocycles. The van der Waals surface area contributed by atoms with E-state index in [4.69, 9.17) is 28.6 Å². The van der Waals surface area contributed by atoms with Crippen LogP contribution in [0.25, 0.3) is 0 Å². The summed E-state index contributed by atoms with van der Waals surface area (Å²) in [5.41, 5.74) is 2.17. The van der Waals surface area contributed by atoms with Crippen molar-refractivity contribution in [2.75, 3.05) is 30.4 Å². The van der Waals surface area contributed by atoms with Crippen LogP contribution in [0.4, 0.5) is 11.4 Å². The average Bonchev–Trinajstić information content (AvgIpc) is 3.15. The van der Waals surface area contributed by atoms with Crippen LogP contribution in [-0.4, -0.2) is 31.2 Å². The number of anilines is 2. The molecular weight excluding hydrogens is 450 g/mol. The van der Waals surface area contributed by atoms with Crippen molar-refractivity contribution in [3.05, 3.63) is 51.5 Å². The number of ether oxygens (including phenoxy) is 1. The minimum atomic E-state index is -0.305. The second-order valence-corrected chi connectivity index (χ2v) is 7.76. The summed E-state index contributed by atoms with van der Waals surface area (Å²) >= 11 is 15.1. The molecule has 0 spiro atoms. The molecule has 2 N–H and O–H groups in total. The first-order chi connectivity index (χ1) is 13.0. The van der Waals surface area contributed by atoms with Gasteiger partial charge in [0.1, 0.15) is 5.75 Å². The molecule has 0 unspecified atom stereocenters. The van der Waals surface area contributed by atoms with E-state index in [0.29, 0.717) is 20.8 Å². The zero-order valence-electron chi connectivity index (χ0n) is 14.7. The number of thiocarbonyl (C=S) groups is 1. The molecule has 0 aromatic heterocycles. The fraction of sp³-hybridized carbons (Fsp3) is 0.263. The van der Waals surface area contributed by atoms with E-state index in [1.54, 1.807) is 25.3 Å². The lowest BCUT2D eigenvalue weighted by Crippen LogP contribution is -2.34. The molecule has 0 radical (unpaired) electrons. The number of carbonyl (C=O) groups excluding carboxylic acids is 1. The number of hydrogen-bond acceptors (Lipinski definition) is 4. The molecule has 27 heavy (non-hydrogen) atoms. The highest BCUT2D eigenvalue weighted by Crippen LogP contribution is 2.36. The van der Waals surface area contributed by atoms with Gasteiger partial charge in [0.2, 0.25) is 0 Å². The van der Waals surface area contributed by atoms with Gasteiger partial charge in [0.15, 0.2) is 5.11 Å². The van der Waals surface area contributed by atoms with Crippen molar-refractivity contribution in [1.82, 2.24) is 5.32 Å². The molecule has 1 aliphatic rings. The lowest BCUT2D eigenvalue weighted by atomic mass is 10.2. The van der Waals surface area contributed by atoms with Gasteiger partial charge in [-0.1, -0.05) is 17.7 Å². The third kappa shape index (κ3) is 4.72. The number of nitrogens with zero attached hydrogens (tertiary/aromatic N) is 1. The van der Waals surface area contributed by atoms with Crippen molar-refractivity contribution < 1.29 is 9.53 Å². The highest BCUT2D eigenvalue weighted by molar-refractivity contribution is 9.10. The number of amides is 1. The Morgan fingerprint density at radius 3 is 2.67 bits per heavy atom. The molecule has 1 aliphatic heterocycles. The van der Waals surface area contributed by atoms with E-state index in [1.807, 2.05) is 18.2 Å². The Kier molecular flexibility index (Phi) is 6.57. The van der Waals surface area contributed by atoms with Gasteiger partial charge in [-0.05, 0) is 71.3 Å². The standard InChI is InChI=1S/C19H19BrClN3O2S/c1-26-16-8-7-12(11-13(16)20)18(25)23-19(27)22-15-6-4-5-14(21)17(15)24-9-2-3-10-24/h4-8,11H,2-3,9-10H2,1H3,(H2,22,23,25,27). The molecule has 1 saturated heterocycles. The third-order valence-corrected chi connectivity index (χ3v) is 5.43. The van der Waals surface area contributed by atoms with E-state index in [2.05, 4.69) is 31.5 Å². The largest absolute Gasteiger partial charge is 0.496 e. The Hall–Kier alpha value is -1.83.